The van der Waals surface area contributed by atoms with Crippen molar-refractivity contribution in [2.24, 2.45) is 0 Å². The fourth-order valence-electron chi connectivity index (χ4n) is 2.47. The molecular formula is C15H21BrN2O. The first-order valence-corrected chi connectivity index (χ1v) is 7.55. The number of halogens is 1. The summed E-state index contributed by atoms with van der Waals surface area (Å²) >= 11 is 3.55. The molecule has 2 rings (SSSR count). The van der Waals surface area contributed by atoms with Gasteiger partial charge < -0.3 is 10.1 Å². The molecule has 1 atom stereocenters. The minimum atomic E-state index is 0.209. The van der Waals surface area contributed by atoms with Gasteiger partial charge in [0, 0.05) is 36.2 Å². The van der Waals surface area contributed by atoms with Crippen molar-refractivity contribution in [1.82, 2.24) is 10.2 Å². The maximum absolute atomic E-state index is 5.75. The molecule has 0 bridgehead atoms. The zero-order valence-electron chi connectivity index (χ0n) is 11.4. The largest absolute Gasteiger partial charge is 0.494 e. The van der Waals surface area contributed by atoms with Gasteiger partial charge in [-0.3, -0.25) is 4.90 Å². The van der Waals surface area contributed by atoms with Crippen LogP contribution in [0.4, 0.5) is 0 Å². The Labute approximate surface area is 123 Å². The summed E-state index contributed by atoms with van der Waals surface area (Å²) < 4.78 is 6.83. The Balaban J connectivity index is 2.29. The van der Waals surface area contributed by atoms with Gasteiger partial charge in [-0.15, -0.1) is 6.58 Å². The number of ether oxygens (including phenoxy) is 1. The number of nitrogens with one attached hydrogen (secondary N) is 1. The van der Waals surface area contributed by atoms with Crippen LogP contribution in [-0.4, -0.2) is 37.7 Å². The van der Waals surface area contributed by atoms with Gasteiger partial charge in [-0.2, -0.15) is 0 Å². The third-order valence-corrected chi connectivity index (χ3v) is 3.85. The first-order chi connectivity index (χ1) is 9.26. The van der Waals surface area contributed by atoms with Crippen LogP contribution in [0.5, 0.6) is 5.75 Å². The first-order valence-electron chi connectivity index (χ1n) is 6.75. The van der Waals surface area contributed by atoms with Crippen molar-refractivity contribution >= 4 is 15.9 Å². The Bertz CT molecular complexity index is 430. The number of benzene rings is 1. The summed E-state index contributed by atoms with van der Waals surface area (Å²) in [5.41, 5.74) is 1.19. The average molecular weight is 325 g/mol. The fourth-order valence-corrected chi connectivity index (χ4v) is 2.85. The van der Waals surface area contributed by atoms with Crippen molar-refractivity contribution in [3.63, 3.8) is 0 Å². The molecule has 1 fully saturated rings. The molecule has 1 heterocycles. The quantitative estimate of drug-likeness (QED) is 0.843. The highest BCUT2D eigenvalue weighted by atomic mass is 79.9. The van der Waals surface area contributed by atoms with E-state index >= 15 is 0 Å². The van der Waals surface area contributed by atoms with Gasteiger partial charge in [-0.1, -0.05) is 22.0 Å². The zero-order chi connectivity index (χ0) is 13.7. The van der Waals surface area contributed by atoms with Crippen molar-refractivity contribution < 1.29 is 4.74 Å². The van der Waals surface area contributed by atoms with Crippen LogP contribution in [0.3, 0.4) is 0 Å². The summed E-state index contributed by atoms with van der Waals surface area (Å²) in [6, 6.07) is 6.40. The van der Waals surface area contributed by atoms with E-state index in [9.17, 15) is 0 Å². The third kappa shape index (κ3) is 3.59. The van der Waals surface area contributed by atoms with Crippen molar-refractivity contribution in [1.29, 1.82) is 0 Å². The maximum atomic E-state index is 5.75. The van der Waals surface area contributed by atoms with Crippen LogP contribution in [0, 0.1) is 0 Å². The monoisotopic (exact) mass is 324 g/mol. The number of nitrogens with zero attached hydrogens (tertiary/aromatic N) is 1. The number of hydrogen-bond acceptors (Lipinski definition) is 3. The summed E-state index contributed by atoms with van der Waals surface area (Å²) in [7, 11) is 0. The smallest absolute Gasteiger partial charge is 0.124 e. The molecule has 1 aromatic carbocycles. The second-order valence-corrected chi connectivity index (χ2v) is 5.50. The van der Waals surface area contributed by atoms with Crippen LogP contribution in [0.25, 0.3) is 0 Å². The predicted octanol–water partition coefficient (Wildman–Crippen LogP) is 2.98. The second kappa shape index (κ2) is 7.08. The summed E-state index contributed by atoms with van der Waals surface area (Å²) in [4.78, 5) is 2.44. The summed E-state index contributed by atoms with van der Waals surface area (Å²) in [5.74, 6) is 0.953. The lowest BCUT2D eigenvalue weighted by Crippen LogP contribution is -2.44. The van der Waals surface area contributed by atoms with E-state index < -0.39 is 0 Å². The molecule has 1 N–H and O–H groups in total. The van der Waals surface area contributed by atoms with Crippen molar-refractivity contribution in [3.8, 4) is 5.75 Å². The Morgan fingerprint density at radius 1 is 1.47 bits per heavy atom. The van der Waals surface area contributed by atoms with Gasteiger partial charge in [0.1, 0.15) is 5.75 Å². The minimum absolute atomic E-state index is 0.209. The SMILES string of the molecule is C=C[C@H](c1cc(Br)ccc1OCC)N1CCNCC1. The highest BCUT2D eigenvalue weighted by Gasteiger charge is 2.22. The van der Waals surface area contributed by atoms with Crippen molar-refractivity contribution in [2.75, 3.05) is 32.8 Å². The lowest BCUT2D eigenvalue weighted by molar-refractivity contribution is 0.199. The van der Waals surface area contributed by atoms with Gasteiger partial charge in [0.25, 0.3) is 0 Å². The van der Waals surface area contributed by atoms with E-state index in [-0.39, 0.29) is 6.04 Å². The van der Waals surface area contributed by atoms with E-state index in [1.165, 1.54) is 5.56 Å². The zero-order valence-corrected chi connectivity index (χ0v) is 12.9. The average Bonchev–Trinajstić information content (AvgIpc) is 2.44. The molecule has 0 unspecified atom stereocenters. The van der Waals surface area contributed by atoms with Crippen LogP contribution in [0.15, 0.2) is 35.3 Å². The van der Waals surface area contributed by atoms with Crippen LogP contribution in [-0.2, 0) is 0 Å². The summed E-state index contributed by atoms with van der Waals surface area (Å²) in [6.07, 6.45) is 2.01. The molecular weight excluding hydrogens is 304 g/mol. The lowest BCUT2D eigenvalue weighted by atomic mass is 10.0. The highest BCUT2D eigenvalue weighted by Crippen LogP contribution is 2.33. The second-order valence-electron chi connectivity index (χ2n) is 4.58. The molecule has 0 spiro atoms. The molecule has 0 amide bonds. The standard InChI is InChI=1S/C15H21BrN2O/c1-3-14(18-9-7-17-8-10-18)13-11-12(16)5-6-15(13)19-4-2/h3,5-6,11,14,17H,1,4,7-10H2,2H3/t14-/m1/s1. The Kier molecular flexibility index (Phi) is 5.43. The van der Waals surface area contributed by atoms with Gasteiger partial charge in [0.2, 0.25) is 0 Å². The molecule has 1 saturated heterocycles. The third-order valence-electron chi connectivity index (χ3n) is 3.36. The number of hydrogen-bond donors (Lipinski definition) is 1. The molecule has 4 heteroatoms. The van der Waals surface area contributed by atoms with Gasteiger partial charge in [0.15, 0.2) is 0 Å². The maximum Gasteiger partial charge on any atom is 0.124 e. The summed E-state index contributed by atoms with van der Waals surface area (Å²) in [6.45, 7) is 10.8. The number of piperazine rings is 1. The van der Waals surface area contributed by atoms with E-state index in [1.54, 1.807) is 0 Å². The normalized spacial score (nSPS) is 18.0. The molecule has 19 heavy (non-hydrogen) atoms. The Hall–Kier alpha value is -0.840. The number of rotatable bonds is 5. The Morgan fingerprint density at radius 2 is 2.21 bits per heavy atom. The Morgan fingerprint density at radius 3 is 2.84 bits per heavy atom. The molecule has 1 aliphatic heterocycles. The van der Waals surface area contributed by atoms with Crippen LogP contribution >= 0.6 is 15.9 Å². The van der Waals surface area contributed by atoms with Crippen molar-refractivity contribution in [2.45, 2.75) is 13.0 Å². The van der Waals surface area contributed by atoms with Crippen LogP contribution < -0.4 is 10.1 Å². The van der Waals surface area contributed by atoms with Gasteiger partial charge in [0.05, 0.1) is 12.6 Å². The van der Waals surface area contributed by atoms with E-state index in [2.05, 4.69) is 38.8 Å². The van der Waals surface area contributed by atoms with E-state index in [1.807, 2.05) is 25.1 Å². The molecule has 0 saturated carbocycles. The van der Waals surface area contributed by atoms with Gasteiger partial charge >= 0.3 is 0 Å². The van der Waals surface area contributed by atoms with Crippen LogP contribution in [0.2, 0.25) is 0 Å². The lowest BCUT2D eigenvalue weighted by Gasteiger charge is -2.34. The molecule has 1 aliphatic rings. The molecule has 0 aliphatic carbocycles. The van der Waals surface area contributed by atoms with E-state index in [0.717, 1.165) is 36.4 Å². The van der Waals surface area contributed by atoms with E-state index in [0.29, 0.717) is 6.61 Å². The fraction of sp³-hybridized carbons (Fsp3) is 0.467. The molecule has 0 radical (unpaired) electrons. The summed E-state index contributed by atoms with van der Waals surface area (Å²) in [5, 5.41) is 3.38. The van der Waals surface area contributed by atoms with Crippen LogP contribution in [0.1, 0.15) is 18.5 Å². The van der Waals surface area contributed by atoms with E-state index in [4.69, 9.17) is 4.74 Å². The molecule has 104 valence electrons. The molecule has 3 nitrogen and oxygen atoms in total. The van der Waals surface area contributed by atoms with Gasteiger partial charge in [-0.05, 0) is 25.1 Å². The minimum Gasteiger partial charge on any atom is -0.494 e. The van der Waals surface area contributed by atoms with Crippen molar-refractivity contribution in [3.05, 3.63) is 40.9 Å². The molecule has 1 aromatic rings. The predicted molar refractivity (Wildman–Crippen MR) is 82.7 cm³/mol. The topological polar surface area (TPSA) is 24.5 Å². The van der Waals surface area contributed by atoms with Gasteiger partial charge in [-0.25, -0.2) is 0 Å². The molecule has 0 aromatic heterocycles. The highest BCUT2D eigenvalue weighted by molar-refractivity contribution is 9.10. The first kappa shape index (κ1) is 14.6.